The second kappa shape index (κ2) is 7.64. The van der Waals surface area contributed by atoms with Crippen molar-refractivity contribution in [1.29, 1.82) is 0 Å². The van der Waals surface area contributed by atoms with Crippen molar-refractivity contribution in [2.24, 2.45) is 0 Å². The van der Waals surface area contributed by atoms with Gasteiger partial charge in [0.05, 0.1) is 6.10 Å². The van der Waals surface area contributed by atoms with Crippen LogP contribution in [0.5, 0.6) is 5.75 Å². The highest BCUT2D eigenvalue weighted by Gasteiger charge is 2.16. The van der Waals surface area contributed by atoms with Gasteiger partial charge in [0.1, 0.15) is 19.0 Å². The molecule has 0 aliphatic heterocycles. The van der Waals surface area contributed by atoms with Gasteiger partial charge in [-0.2, -0.15) is 0 Å². The van der Waals surface area contributed by atoms with E-state index in [0.29, 0.717) is 11.8 Å². The first-order valence-electron chi connectivity index (χ1n) is 6.99. The number of carbonyl (C=O) groups excluding carboxylic acids is 1. The number of aliphatic carboxylic acids is 1. The van der Waals surface area contributed by atoms with Crippen molar-refractivity contribution in [1.82, 2.24) is 0 Å². The highest BCUT2D eigenvalue weighted by Crippen LogP contribution is 2.24. The number of anilines is 1. The van der Waals surface area contributed by atoms with E-state index in [1.54, 1.807) is 12.1 Å². The van der Waals surface area contributed by atoms with Gasteiger partial charge in [-0.1, -0.05) is 0 Å². The quantitative estimate of drug-likeness (QED) is 0.803. The lowest BCUT2D eigenvalue weighted by molar-refractivity contribution is -0.143. The fourth-order valence-electron chi connectivity index (χ4n) is 2.24. The Morgan fingerprint density at radius 2 is 1.81 bits per heavy atom. The molecule has 1 fully saturated rings. The smallest absolute Gasteiger partial charge is 0.329 e. The molecule has 1 aromatic rings. The van der Waals surface area contributed by atoms with Crippen LogP contribution in [0.4, 0.5) is 5.69 Å². The molecule has 21 heavy (non-hydrogen) atoms. The second-order valence-electron chi connectivity index (χ2n) is 4.98. The maximum atomic E-state index is 11.5. The zero-order chi connectivity index (χ0) is 15.1. The molecule has 0 radical (unpaired) electrons. The number of rotatable bonds is 7. The van der Waals surface area contributed by atoms with E-state index < -0.39 is 12.6 Å². The van der Waals surface area contributed by atoms with E-state index in [4.69, 9.17) is 14.6 Å². The average molecular weight is 293 g/mol. The third-order valence-corrected chi connectivity index (χ3v) is 3.20. The molecule has 1 aromatic carbocycles. The molecule has 6 nitrogen and oxygen atoms in total. The summed E-state index contributed by atoms with van der Waals surface area (Å²) < 4.78 is 10.5. The standard InChI is InChI=1S/C15H19NO5/c17-14(9-20-10-15(18)19)16-11-5-7-13(8-6-11)21-12-3-1-2-4-12/h5-8,12H,1-4,9-10H2,(H,16,17)(H,18,19). The maximum absolute atomic E-state index is 11.5. The topological polar surface area (TPSA) is 84.9 Å². The summed E-state index contributed by atoms with van der Waals surface area (Å²) in [7, 11) is 0. The molecule has 6 heteroatoms. The van der Waals surface area contributed by atoms with E-state index in [-0.39, 0.29) is 12.5 Å². The Morgan fingerprint density at radius 3 is 2.43 bits per heavy atom. The van der Waals surface area contributed by atoms with Crippen molar-refractivity contribution in [2.45, 2.75) is 31.8 Å². The molecule has 0 unspecified atom stereocenters. The lowest BCUT2D eigenvalue weighted by Crippen LogP contribution is -2.20. The summed E-state index contributed by atoms with van der Waals surface area (Å²) in [5.41, 5.74) is 0.623. The molecule has 2 N–H and O–H groups in total. The Balaban J connectivity index is 1.76. The molecule has 0 heterocycles. The summed E-state index contributed by atoms with van der Waals surface area (Å²) in [6.07, 6.45) is 4.93. The maximum Gasteiger partial charge on any atom is 0.329 e. The zero-order valence-corrected chi connectivity index (χ0v) is 11.7. The van der Waals surface area contributed by atoms with Crippen LogP contribution in [0.15, 0.2) is 24.3 Å². The number of benzene rings is 1. The number of ether oxygens (including phenoxy) is 2. The first kappa shape index (κ1) is 15.3. The SMILES string of the molecule is O=C(O)COCC(=O)Nc1ccc(OC2CCCC2)cc1. The van der Waals surface area contributed by atoms with Crippen molar-refractivity contribution in [3.8, 4) is 5.75 Å². The Hall–Kier alpha value is -2.08. The highest BCUT2D eigenvalue weighted by atomic mass is 16.5. The van der Waals surface area contributed by atoms with E-state index in [1.807, 2.05) is 12.1 Å². The van der Waals surface area contributed by atoms with Crippen LogP contribution in [0.2, 0.25) is 0 Å². The Morgan fingerprint density at radius 1 is 1.14 bits per heavy atom. The van der Waals surface area contributed by atoms with Crippen LogP contribution >= 0.6 is 0 Å². The van der Waals surface area contributed by atoms with Crippen LogP contribution in [0.1, 0.15) is 25.7 Å². The molecule has 114 valence electrons. The van der Waals surface area contributed by atoms with Gasteiger partial charge in [0, 0.05) is 5.69 Å². The van der Waals surface area contributed by atoms with Gasteiger partial charge in [0.25, 0.3) is 0 Å². The molecule has 0 aromatic heterocycles. The van der Waals surface area contributed by atoms with E-state index in [0.717, 1.165) is 18.6 Å². The molecule has 0 atom stereocenters. The molecule has 2 rings (SSSR count). The predicted molar refractivity (Wildman–Crippen MR) is 76.4 cm³/mol. The van der Waals surface area contributed by atoms with Crippen LogP contribution in [-0.2, 0) is 14.3 Å². The average Bonchev–Trinajstić information content (AvgIpc) is 2.93. The Bertz CT molecular complexity index is 479. The van der Waals surface area contributed by atoms with Gasteiger partial charge in [-0.25, -0.2) is 4.79 Å². The largest absolute Gasteiger partial charge is 0.490 e. The van der Waals surface area contributed by atoms with Gasteiger partial charge < -0.3 is 19.9 Å². The van der Waals surface area contributed by atoms with Gasteiger partial charge >= 0.3 is 5.97 Å². The van der Waals surface area contributed by atoms with Crippen LogP contribution in [-0.4, -0.2) is 36.3 Å². The van der Waals surface area contributed by atoms with Crippen molar-refractivity contribution < 1.29 is 24.2 Å². The van der Waals surface area contributed by atoms with E-state index in [2.05, 4.69) is 5.32 Å². The van der Waals surface area contributed by atoms with Gasteiger partial charge in [-0.3, -0.25) is 4.79 Å². The van der Waals surface area contributed by atoms with Crippen LogP contribution in [0, 0.1) is 0 Å². The van der Waals surface area contributed by atoms with Crippen molar-refractivity contribution >= 4 is 17.6 Å². The molecule has 0 saturated heterocycles. The number of hydrogen-bond acceptors (Lipinski definition) is 4. The molecule has 1 aliphatic carbocycles. The minimum atomic E-state index is -1.10. The zero-order valence-electron chi connectivity index (χ0n) is 11.7. The van der Waals surface area contributed by atoms with Crippen LogP contribution < -0.4 is 10.1 Å². The van der Waals surface area contributed by atoms with Crippen LogP contribution in [0.3, 0.4) is 0 Å². The lowest BCUT2D eigenvalue weighted by atomic mass is 10.2. The lowest BCUT2D eigenvalue weighted by Gasteiger charge is -2.13. The monoisotopic (exact) mass is 293 g/mol. The van der Waals surface area contributed by atoms with Gasteiger partial charge in [-0.05, 0) is 49.9 Å². The second-order valence-corrected chi connectivity index (χ2v) is 4.98. The van der Waals surface area contributed by atoms with Gasteiger partial charge in [-0.15, -0.1) is 0 Å². The normalized spacial score (nSPS) is 14.9. The molecule has 1 amide bonds. The van der Waals surface area contributed by atoms with E-state index >= 15 is 0 Å². The minimum Gasteiger partial charge on any atom is -0.490 e. The minimum absolute atomic E-state index is 0.285. The first-order chi connectivity index (χ1) is 10.1. The highest BCUT2D eigenvalue weighted by molar-refractivity contribution is 5.91. The predicted octanol–water partition coefficient (Wildman–Crippen LogP) is 2.05. The fourth-order valence-corrected chi connectivity index (χ4v) is 2.24. The number of nitrogens with one attached hydrogen (secondary N) is 1. The molecule has 0 spiro atoms. The first-order valence-corrected chi connectivity index (χ1v) is 6.99. The molecule has 1 saturated carbocycles. The summed E-state index contributed by atoms with van der Waals surface area (Å²) in [6, 6.07) is 7.12. The summed E-state index contributed by atoms with van der Waals surface area (Å²) >= 11 is 0. The summed E-state index contributed by atoms with van der Waals surface area (Å²) in [4.78, 5) is 21.7. The number of hydrogen-bond donors (Lipinski definition) is 2. The van der Waals surface area contributed by atoms with Gasteiger partial charge in [0.15, 0.2) is 0 Å². The summed E-state index contributed by atoms with van der Waals surface area (Å²) in [5, 5.41) is 11.0. The Kier molecular flexibility index (Phi) is 5.57. The van der Waals surface area contributed by atoms with Gasteiger partial charge in [0.2, 0.25) is 5.91 Å². The third-order valence-electron chi connectivity index (χ3n) is 3.20. The summed E-state index contributed by atoms with van der Waals surface area (Å²) in [6.45, 7) is -0.770. The Labute approximate surface area is 123 Å². The van der Waals surface area contributed by atoms with E-state index in [1.165, 1.54) is 12.8 Å². The number of carbonyl (C=O) groups is 2. The number of carboxylic acids is 1. The third kappa shape index (κ3) is 5.43. The fraction of sp³-hybridized carbons (Fsp3) is 0.467. The van der Waals surface area contributed by atoms with Crippen molar-refractivity contribution in [2.75, 3.05) is 18.5 Å². The van der Waals surface area contributed by atoms with E-state index in [9.17, 15) is 9.59 Å². The number of amides is 1. The van der Waals surface area contributed by atoms with Crippen molar-refractivity contribution in [3.63, 3.8) is 0 Å². The van der Waals surface area contributed by atoms with Crippen molar-refractivity contribution in [3.05, 3.63) is 24.3 Å². The van der Waals surface area contributed by atoms with Crippen LogP contribution in [0.25, 0.3) is 0 Å². The number of carboxylic acid groups (broad SMARTS) is 1. The molecular weight excluding hydrogens is 274 g/mol. The summed E-state index contributed by atoms with van der Waals surface area (Å²) in [5.74, 6) is -0.695. The molecule has 1 aliphatic rings. The molecule has 0 bridgehead atoms. The molecular formula is C15H19NO5.